The van der Waals surface area contributed by atoms with Gasteiger partial charge in [0.2, 0.25) is 5.91 Å². The lowest BCUT2D eigenvalue weighted by atomic mass is 9.92. The van der Waals surface area contributed by atoms with Gasteiger partial charge in [-0.05, 0) is 37.0 Å². The number of hydrogen-bond acceptors (Lipinski definition) is 5. The van der Waals surface area contributed by atoms with Gasteiger partial charge in [-0.1, -0.05) is 11.6 Å². The summed E-state index contributed by atoms with van der Waals surface area (Å²) < 4.78 is 10.7. The van der Waals surface area contributed by atoms with Crippen LogP contribution in [0.4, 0.5) is 5.69 Å². The molecule has 25 heavy (non-hydrogen) atoms. The normalized spacial score (nSPS) is 16.2. The topological polar surface area (TPSA) is 93.9 Å². The van der Waals surface area contributed by atoms with E-state index >= 15 is 0 Å². The molecule has 3 N–H and O–H groups in total. The van der Waals surface area contributed by atoms with Crippen molar-refractivity contribution >= 4 is 29.1 Å². The maximum Gasteiger partial charge on any atom is 0.259 e. The second-order valence-electron chi connectivity index (χ2n) is 6.19. The molecule has 1 unspecified atom stereocenters. The van der Waals surface area contributed by atoms with Gasteiger partial charge in [0.25, 0.3) is 5.91 Å². The number of hydrogen-bond donors (Lipinski definition) is 2. The number of carbonyl (C=O) groups is 2. The Morgan fingerprint density at radius 1 is 1.40 bits per heavy atom. The molecule has 0 radical (unpaired) electrons. The van der Waals surface area contributed by atoms with Crippen molar-refractivity contribution in [2.75, 3.05) is 39.2 Å². The Morgan fingerprint density at radius 2 is 2.08 bits per heavy atom. The average molecular weight is 370 g/mol. The van der Waals surface area contributed by atoms with E-state index in [4.69, 9.17) is 26.8 Å². The van der Waals surface area contributed by atoms with Crippen LogP contribution in [0.25, 0.3) is 0 Å². The first-order chi connectivity index (χ1) is 11.9. The quantitative estimate of drug-likeness (QED) is 0.792. The summed E-state index contributed by atoms with van der Waals surface area (Å²) >= 11 is 6.16. The molecule has 0 aliphatic carbocycles. The van der Waals surface area contributed by atoms with Crippen LogP contribution in [-0.2, 0) is 14.3 Å². The van der Waals surface area contributed by atoms with Crippen molar-refractivity contribution in [3.8, 4) is 5.75 Å². The molecule has 0 spiro atoms. The van der Waals surface area contributed by atoms with Crippen molar-refractivity contribution in [3.63, 3.8) is 0 Å². The summed E-state index contributed by atoms with van der Waals surface area (Å²) in [4.78, 5) is 25.3. The second kappa shape index (κ2) is 9.03. The minimum absolute atomic E-state index is 0.104. The number of anilines is 1. The van der Waals surface area contributed by atoms with Gasteiger partial charge in [-0.2, -0.15) is 0 Å². The fraction of sp³-hybridized carbons (Fsp3) is 0.529. The fourth-order valence-electron chi connectivity index (χ4n) is 2.48. The van der Waals surface area contributed by atoms with Crippen LogP contribution in [0, 0.1) is 5.92 Å². The van der Waals surface area contributed by atoms with Crippen LogP contribution in [0.3, 0.4) is 0 Å². The van der Waals surface area contributed by atoms with Crippen molar-refractivity contribution in [2.24, 2.45) is 11.7 Å². The summed E-state index contributed by atoms with van der Waals surface area (Å²) in [6, 6.07) is 4.26. The van der Waals surface area contributed by atoms with Crippen LogP contribution in [0.5, 0.6) is 5.75 Å². The van der Waals surface area contributed by atoms with E-state index in [-0.39, 0.29) is 24.3 Å². The zero-order valence-corrected chi connectivity index (χ0v) is 15.2. The van der Waals surface area contributed by atoms with Crippen LogP contribution < -0.4 is 15.8 Å². The van der Waals surface area contributed by atoms with E-state index in [1.54, 1.807) is 32.3 Å². The lowest BCUT2D eigenvalue weighted by molar-refractivity contribution is -0.130. The molecule has 1 saturated heterocycles. The summed E-state index contributed by atoms with van der Waals surface area (Å²) in [5.74, 6) is 0.0720. The molecule has 1 aliphatic heterocycles. The van der Waals surface area contributed by atoms with Crippen LogP contribution >= 0.6 is 11.6 Å². The number of nitrogens with zero attached hydrogens (tertiary/aromatic N) is 1. The molecule has 1 heterocycles. The number of likely N-dealkylation sites (N-methyl/N-ethyl adjacent to an activating group) is 1. The molecule has 1 aromatic carbocycles. The summed E-state index contributed by atoms with van der Waals surface area (Å²) in [5, 5.41) is 3.08. The Kier molecular flexibility index (Phi) is 7.04. The molecular weight excluding hydrogens is 346 g/mol. The highest BCUT2D eigenvalue weighted by Gasteiger charge is 2.26. The molecule has 1 aromatic rings. The largest absolute Gasteiger partial charge is 0.482 e. The second-order valence-corrected chi connectivity index (χ2v) is 6.59. The van der Waals surface area contributed by atoms with Crippen molar-refractivity contribution in [2.45, 2.75) is 18.9 Å². The number of ether oxygens (including phenoxy) is 2. The highest BCUT2D eigenvalue weighted by molar-refractivity contribution is 6.32. The predicted octanol–water partition coefficient (Wildman–Crippen LogP) is 1.50. The molecule has 1 fully saturated rings. The molecule has 138 valence electrons. The smallest absolute Gasteiger partial charge is 0.259 e. The van der Waals surface area contributed by atoms with Gasteiger partial charge in [-0.3, -0.25) is 9.59 Å². The van der Waals surface area contributed by atoms with E-state index in [2.05, 4.69) is 5.32 Å². The maximum atomic E-state index is 12.3. The molecule has 2 amide bonds. The summed E-state index contributed by atoms with van der Waals surface area (Å²) in [7, 11) is 3.29. The highest BCUT2D eigenvalue weighted by atomic mass is 35.5. The summed E-state index contributed by atoms with van der Waals surface area (Å²) in [5.41, 5.74) is 6.58. The Hall–Kier alpha value is -1.83. The first-order valence-corrected chi connectivity index (χ1v) is 8.53. The number of nitrogens with two attached hydrogens (primary N) is 1. The van der Waals surface area contributed by atoms with Gasteiger partial charge in [0, 0.05) is 33.0 Å². The number of amides is 2. The van der Waals surface area contributed by atoms with E-state index in [1.807, 2.05) is 0 Å². The minimum atomic E-state index is -0.587. The van der Waals surface area contributed by atoms with Gasteiger partial charge in [0.15, 0.2) is 6.61 Å². The monoisotopic (exact) mass is 369 g/mol. The maximum absolute atomic E-state index is 12.3. The average Bonchev–Trinajstić information content (AvgIpc) is 2.60. The van der Waals surface area contributed by atoms with E-state index < -0.39 is 6.04 Å². The standard InChI is InChI=1S/C17H24ClN3O4/c1-21(2)15(22)10-25-14-4-3-12(9-13(14)18)20-17(23)16(19)11-5-7-24-8-6-11/h3-4,9,11,16H,5-8,10,19H2,1-2H3,(H,20,23). The third kappa shape index (κ3) is 5.59. The van der Waals surface area contributed by atoms with Crippen molar-refractivity contribution in [3.05, 3.63) is 23.2 Å². The van der Waals surface area contributed by atoms with Crippen molar-refractivity contribution in [1.29, 1.82) is 0 Å². The van der Waals surface area contributed by atoms with Crippen LogP contribution in [0.1, 0.15) is 12.8 Å². The molecule has 1 aliphatic rings. The fourth-order valence-corrected chi connectivity index (χ4v) is 2.71. The van der Waals surface area contributed by atoms with Crippen molar-refractivity contribution in [1.82, 2.24) is 4.90 Å². The summed E-state index contributed by atoms with van der Waals surface area (Å²) in [6.07, 6.45) is 1.56. The third-order valence-electron chi connectivity index (χ3n) is 4.13. The third-order valence-corrected chi connectivity index (χ3v) is 4.42. The summed E-state index contributed by atoms with van der Waals surface area (Å²) in [6.45, 7) is 1.16. The molecule has 0 bridgehead atoms. The highest BCUT2D eigenvalue weighted by Crippen LogP contribution is 2.28. The molecule has 0 saturated carbocycles. The van der Waals surface area contributed by atoms with E-state index in [1.165, 1.54) is 4.90 Å². The first kappa shape index (κ1) is 19.5. The molecule has 8 heteroatoms. The van der Waals surface area contributed by atoms with Crippen molar-refractivity contribution < 1.29 is 19.1 Å². The van der Waals surface area contributed by atoms with Gasteiger partial charge >= 0.3 is 0 Å². The molecule has 7 nitrogen and oxygen atoms in total. The number of carbonyl (C=O) groups excluding carboxylic acids is 2. The first-order valence-electron chi connectivity index (χ1n) is 8.15. The zero-order valence-electron chi connectivity index (χ0n) is 14.5. The molecule has 0 aromatic heterocycles. The molecule has 1 atom stereocenters. The predicted molar refractivity (Wildman–Crippen MR) is 95.8 cm³/mol. The number of benzene rings is 1. The minimum Gasteiger partial charge on any atom is -0.482 e. The van der Waals surface area contributed by atoms with E-state index in [0.717, 1.165) is 12.8 Å². The Labute approximate surface area is 152 Å². The van der Waals surface area contributed by atoms with Crippen LogP contribution in [-0.4, -0.2) is 56.7 Å². The molecule has 2 rings (SSSR count). The zero-order chi connectivity index (χ0) is 18.4. The van der Waals surface area contributed by atoms with Gasteiger partial charge < -0.3 is 25.4 Å². The number of halogens is 1. The van der Waals surface area contributed by atoms with Crippen LogP contribution in [0.15, 0.2) is 18.2 Å². The molecular formula is C17H24ClN3O4. The van der Waals surface area contributed by atoms with E-state index in [9.17, 15) is 9.59 Å². The van der Waals surface area contributed by atoms with E-state index in [0.29, 0.717) is 29.7 Å². The Morgan fingerprint density at radius 3 is 2.68 bits per heavy atom. The van der Waals surface area contributed by atoms with Gasteiger partial charge in [-0.15, -0.1) is 0 Å². The SMILES string of the molecule is CN(C)C(=O)COc1ccc(NC(=O)C(N)C2CCOCC2)cc1Cl. The van der Waals surface area contributed by atoms with Gasteiger partial charge in [-0.25, -0.2) is 0 Å². The number of rotatable bonds is 6. The van der Waals surface area contributed by atoms with Crippen LogP contribution in [0.2, 0.25) is 5.02 Å². The Balaban J connectivity index is 1.93. The number of nitrogens with one attached hydrogen (secondary N) is 1. The van der Waals surface area contributed by atoms with Gasteiger partial charge in [0.05, 0.1) is 11.1 Å². The lowest BCUT2D eigenvalue weighted by Gasteiger charge is -2.26. The lowest BCUT2D eigenvalue weighted by Crippen LogP contribution is -2.44. The van der Waals surface area contributed by atoms with Gasteiger partial charge in [0.1, 0.15) is 5.75 Å². The Bertz CT molecular complexity index is 618.